The summed E-state index contributed by atoms with van der Waals surface area (Å²) in [5.41, 5.74) is 2.60. The Morgan fingerprint density at radius 3 is 2.60 bits per heavy atom. The van der Waals surface area contributed by atoms with Crippen molar-refractivity contribution >= 4 is 11.6 Å². The normalized spacial score (nSPS) is 23.2. The van der Waals surface area contributed by atoms with Crippen LogP contribution in [0.15, 0.2) is 24.5 Å². The predicted molar refractivity (Wildman–Crippen MR) is 78.9 cm³/mol. The molecule has 0 spiro atoms. The van der Waals surface area contributed by atoms with Gasteiger partial charge in [-0.3, -0.25) is 4.79 Å². The summed E-state index contributed by atoms with van der Waals surface area (Å²) in [5, 5.41) is 0. The maximum atomic E-state index is 12.8. The molecule has 4 nitrogen and oxygen atoms in total. The summed E-state index contributed by atoms with van der Waals surface area (Å²) in [4.78, 5) is 19.2. The molecule has 1 fully saturated rings. The Labute approximate surface area is 119 Å². The average molecular weight is 271 g/mol. The lowest BCUT2D eigenvalue weighted by atomic mass is 9.96. The third kappa shape index (κ3) is 2.19. The lowest BCUT2D eigenvalue weighted by molar-refractivity contribution is 0.0510. The van der Waals surface area contributed by atoms with Crippen LogP contribution in [0.3, 0.4) is 0 Å². The van der Waals surface area contributed by atoms with Crippen LogP contribution in [-0.4, -0.2) is 32.3 Å². The van der Waals surface area contributed by atoms with E-state index in [-0.39, 0.29) is 5.91 Å². The lowest BCUT2D eigenvalue weighted by Gasteiger charge is -2.39. The summed E-state index contributed by atoms with van der Waals surface area (Å²) in [6.45, 7) is 6.25. The summed E-state index contributed by atoms with van der Waals surface area (Å²) >= 11 is 0. The second-order valence-corrected chi connectivity index (χ2v) is 5.91. The van der Waals surface area contributed by atoms with Crippen molar-refractivity contribution in [2.24, 2.45) is 0 Å². The van der Waals surface area contributed by atoms with Gasteiger partial charge in [0.05, 0.1) is 11.3 Å². The van der Waals surface area contributed by atoms with Gasteiger partial charge in [-0.15, -0.1) is 0 Å². The molecule has 0 bridgehead atoms. The first-order valence-corrected chi connectivity index (χ1v) is 7.34. The number of pyridine rings is 1. The quantitative estimate of drug-likeness (QED) is 0.799. The molecule has 2 aromatic rings. The highest BCUT2D eigenvalue weighted by molar-refractivity contribution is 5.94. The van der Waals surface area contributed by atoms with Gasteiger partial charge in [-0.1, -0.05) is 0 Å². The third-order valence-electron chi connectivity index (χ3n) is 4.25. The van der Waals surface area contributed by atoms with Gasteiger partial charge in [0.25, 0.3) is 5.91 Å². The number of hydrogen-bond acceptors (Lipinski definition) is 2. The van der Waals surface area contributed by atoms with Crippen LogP contribution in [0.2, 0.25) is 0 Å². The summed E-state index contributed by atoms with van der Waals surface area (Å²) in [6.07, 6.45) is 7.26. The summed E-state index contributed by atoms with van der Waals surface area (Å²) in [6, 6.07) is 4.45. The molecule has 1 saturated heterocycles. The Morgan fingerprint density at radius 1 is 1.20 bits per heavy atom. The van der Waals surface area contributed by atoms with Crippen molar-refractivity contribution in [3.05, 3.63) is 35.8 Å². The monoisotopic (exact) mass is 271 g/mol. The summed E-state index contributed by atoms with van der Waals surface area (Å²) in [5.74, 6) is 0.137. The van der Waals surface area contributed by atoms with E-state index in [1.807, 2.05) is 40.8 Å². The van der Waals surface area contributed by atoms with Crippen molar-refractivity contribution in [2.45, 2.75) is 52.1 Å². The van der Waals surface area contributed by atoms with Crippen molar-refractivity contribution in [3.63, 3.8) is 0 Å². The zero-order valence-corrected chi connectivity index (χ0v) is 12.3. The second kappa shape index (κ2) is 4.93. The van der Waals surface area contributed by atoms with Gasteiger partial charge in [0.1, 0.15) is 5.65 Å². The van der Waals surface area contributed by atoms with Gasteiger partial charge in [0, 0.05) is 24.5 Å². The second-order valence-electron chi connectivity index (χ2n) is 5.91. The molecule has 2 atom stereocenters. The first-order chi connectivity index (χ1) is 9.56. The number of fused-ring (bicyclic) bond motifs is 1. The SMILES string of the molecule is Cc1cn2cc(C(=O)N3C(C)CCCC3C)ccc2n1. The van der Waals surface area contributed by atoms with Crippen molar-refractivity contribution in [1.82, 2.24) is 14.3 Å². The molecule has 2 unspecified atom stereocenters. The lowest BCUT2D eigenvalue weighted by Crippen LogP contribution is -2.47. The van der Waals surface area contributed by atoms with Crippen molar-refractivity contribution < 1.29 is 4.79 Å². The van der Waals surface area contributed by atoms with Gasteiger partial charge in [0.2, 0.25) is 0 Å². The number of aromatic nitrogens is 2. The molecular weight excluding hydrogens is 250 g/mol. The minimum atomic E-state index is 0.137. The van der Waals surface area contributed by atoms with Crippen LogP contribution in [0.1, 0.15) is 49.2 Å². The third-order valence-corrected chi connectivity index (χ3v) is 4.25. The van der Waals surface area contributed by atoms with Crippen LogP contribution in [0.5, 0.6) is 0 Å². The molecule has 106 valence electrons. The number of carbonyl (C=O) groups excluding carboxylic acids is 1. The first kappa shape index (κ1) is 13.2. The fourth-order valence-electron chi connectivity index (χ4n) is 3.22. The van der Waals surface area contributed by atoms with Crippen LogP contribution in [-0.2, 0) is 0 Å². The van der Waals surface area contributed by atoms with E-state index in [1.165, 1.54) is 6.42 Å². The average Bonchev–Trinajstić information content (AvgIpc) is 2.77. The Morgan fingerprint density at radius 2 is 1.90 bits per heavy atom. The Hall–Kier alpha value is -1.84. The smallest absolute Gasteiger partial charge is 0.255 e. The van der Waals surface area contributed by atoms with E-state index in [9.17, 15) is 4.79 Å². The number of amides is 1. The molecule has 1 amide bonds. The number of hydrogen-bond donors (Lipinski definition) is 0. The van der Waals surface area contributed by atoms with E-state index in [2.05, 4.69) is 18.8 Å². The number of carbonyl (C=O) groups is 1. The van der Waals surface area contributed by atoms with Crippen molar-refractivity contribution in [2.75, 3.05) is 0 Å². The number of imidazole rings is 1. The molecule has 0 saturated carbocycles. The largest absolute Gasteiger partial charge is 0.333 e. The fraction of sp³-hybridized carbons (Fsp3) is 0.500. The minimum absolute atomic E-state index is 0.137. The molecule has 3 heterocycles. The maximum absolute atomic E-state index is 12.8. The van der Waals surface area contributed by atoms with E-state index in [4.69, 9.17) is 0 Å². The molecule has 20 heavy (non-hydrogen) atoms. The predicted octanol–water partition coefficient (Wildman–Crippen LogP) is 3.05. The maximum Gasteiger partial charge on any atom is 0.255 e. The standard InChI is InChI=1S/C16H21N3O/c1-11-9-18-10-14(7-8-15(18)17-11)16(20)19-12(2)5-4-6-13(19)3/h7-10,12-13H,4-6H2,1-3H3. The molecule has 0 aromatic carbocycles. The topological polar surface area (TPSA) is 37.6 Å². The van der Waals surface area contributed by atoms with Gasteiger partial charge in [-0.25, -0.2) is 4.98 Å². The first-order valence-electron chi connectivity index (χ1n) is 7.34. The van der Waals surface area contributed by atoms with Crippen LogP contribution < -0.4 is 0 Å². The fourth-order valence-corrected chi connectivity index (χ4v) is 3.22. The van der Waals surface area contributed by atoms with Crippen LogP contribution in [0, 0.1) is 6.92 Å². The molecule has 0 radical (unpaired) electrons. The Balaban J connectivity index is 1.94. The molecular formula is C16H21N3O. The number of nitrogens with zero attached hydrogens (tertiary/aromatic N) is 3. The van der Waals surface area contributed by atoms with E-state index in [0.717, 1.165) is 29.7 Å². The van der Waals surface area contributed by atoms with Crippen LogP contribution in [0.25, 0.3) is 5.65 Å². The van der Waals surface area contributed by atoms with E-state index < -0.39 is 0 Å². The van der Waals surface area contributed by atoms with Gasteiger partial charge in [-0.2, -0.15) is 0 Å². The number of likely N-dealkylation sites (tertiary alicyclic amines) is 1. The molecule has 0 N–H and O–H groups in total. The van der Waals surface area contributed by atoms with Gasteiger partial charge in [-0.05, 0) is 52.2 Å². The zero-order valence-electron chi connectivity index (χ0n) is 12.3. The molecule has 4 heteroatoms. The molecule has 2 aromatic heterocycles. The van der Waals surface area contributed by atoms with Gasteiger partial charge < -0.3 is 9.30 Å². The number of aryl methyl sites for hydroxylation is 1. The highest BCUT2D eigenvalue weighted by atomic mass is 16.2. The molecule has 3 rings (SSSR count). The highest BCUT2D eigenvalue weighted by Gasteiger charge is 2.29. The summed E-state index contributed by atoms with van der Waals surface area (Å²) < 4.78 is 1.93. The van der Waals surface area contributed by atoms with Crippen molar-refractivity contribution in [3.8, 4) is 0 Å². The van der Waals surface area contributed by atoms with E-state index in [1.54, 1.807) is 0 Å². The molecule has 1 aliphatic heterocycles. The Kier molecular flexibility index (Phi) is 3.24. The zero-order chi connectivity index (χ0) is 14.3. The Bertz CT molecular complexity index is 636. The molecule has 1 aliphatic rings. The number of piperidine rings is 1. The minimum Gasteiger partial charge on any atom is -0.333 e. The van der Waals surface area contributed by atoms with Crippen molar-refractivity contribution in [1.29, 1.82) is 0 Å². The van der Waals surface area contributed by atoms with Crippen LogP contribution >= 0.6 is 0 Å². The van der Waals surface area contributed by atoms with E-state index in [0.29, 0.717) is 12.1 Å². The van der Waals surface area contributed by atoms with Gasteiger partial charge >= 0.3 is 0 Å². The van der Waals surface area contributed by atoms with Crippen LogP contribution in [0.4, 0.5) is 0 Å². The highest BCUT2D eigenvalue weighted by Crippen LogP contribution is 2.24. The molecule has 0 aliphatic carbocycles. The number of rotatable bonds is 1. The summed E-state index contributed by atoms with van der Waals surface area (Å²) in [7, 11) is 0. The van der Waals surface area contributed by atoms with E-state index >= 15 is 0 Å². The van der Waals surface area contributed by atoms with Gasteiger partial charge in [0.15, 0.2) is 0 Å².